The standard InChI is InChI=1S/C14H29N3.2H3N/c15-11-13(7-3-1-4-8-13)17-14(12-16)9-5-2-6-10-14;;/h17H,1-12,15-16H2;2*1H3. The van der Waals surface area contributed by atoms with Gasteiger partial charge in [0.15, 0.2) is 0 Å². The molecule has 0 bridgehead atoms. The molecule has 0 amide bonds. The molecule has 2 fully saturated rings. The van der Waals surface area contributed by atoms with Gasteiger partial charge < -0.3 is 29.1 Å². The number of rotatable bonds is 4. The van der Waals surface area contributed by atoms with E-state index in [4.69, 9.17) is 11.5 Å². The normalized spacial score (nSPS) is 24.9. The van der Waals surface area contributed by atoms with Gasteiger partial charge in [-0.25, -0.2) is 0 Å². The first-order chi connectivity index (χ1) is 8.24. The van der Waals surface area contributed by atoms with Crippen molar-refractivity contribution < 1.29 is 0 Å². The summed E-state index contributed by atoms with van der Waals surface area (Å²) < 4.78 is 0. The lowest BCUT2D eigenvalue weighted by atomic mass is 9.75. The Kier molecular flexibility index (Phi) is 8.08. The van der Waals surface area contributed by atoms with Gasteiger partial charge in [-0.3, -0.25) is 0 Å². The molecular weight excluding hydrogens is 238 g/mol. The fourth-order valence-corrected chi connectivity index (χ4v) is 3.78. The molecule has 116 valence electrons. The zero-order chi connectivity index (χ0) is 12.2. The smallest absolute Gasteiger partial charge is 0.0309 e. The molecule has 0 aromatic carbocycles. The fourth-order valence-electron chi connectivity index (χ4n) is 3.78. The zero-order valence-corrected chi connectivity index (χ0v) is 12.6. The summed E-state index contributed by atoms with van der Waals surface area (Å²) in [5, 5.41) is 3.93. The van der Waals surface area contributed by atoms with Gasteiger partial charge in [-0.1, -0.05) is 38.5 Å². The number of hydrogen-bond donors (Lipinski definition) is 5. The third kappa shape index (κ3) is 4.39. The zero-order valence-electron chi connectivity index (χ0n) is 12.6. The van der Waals surface area contributed by atoms with Crippen LogP contribution in [0.1, 0.15) is 64.2 Å². The highest BCUT2D eigenvalue weighted by atomic mass is 15.1. The maximum Gasteiger partial charge on any atom is 0.0309 e. The van der Waals surface area contributed by atoms with Crippen molar-refractivity contribution in [1.29, 1.82) is 0 Å². The summed E-state index contributed by atoms with van der Waals surface area (Å²) in [5.41, 5.74) is 12.5. The van der Waals surface area contributed by atoms with Crippen molar-refractivity contribution in [2.75, 3.05) is 13.1 Å². The topological polar surface area (TPSA) is 134 Å². The van der Waals surface area contributed by atoms with E-state index in [9.17, 15) is 0 Å². The molecule has 2 rings (SSSR count). The van der Waals surface area contributed by atoms with Gasteiger partial charge in [0, 0.05) is 24.2 Å². The first-order valence-electron chi connectivity index (χ1n) is 7.44. The van der Waals surface area contributed by atoms with E-state index in [0.29, 0.717) is 0 Å². The van der Waals surface area contributed by atoms with Crippen molar-refractivity contribution in [1.82, 2.24) is 17.6 Å². The van der Waals surface area contributed by atoms with Crippen LogP contribution in [0.3, 0.4) is 0 Å². The van der Waals surface area contributed by atoms with Crippen molar-refractivity contribution in [3.8, 4) is 0 Å². The lowest BCUT2D eigenvalue weighted by Gasteiger charge is -2.48. The number of hydrogen-bond acceptors (Lipinski definition) is 5. The molecular formula is C14H35N5. The highest BCUT2D eigenvalue weighted by Gasteiger charge is 2.40. The van der Waals surface area contributed by atoms with Gasteiger partial charge in [-0.15, -0.1) is 0 Å². The van der Waals surface area contributed by atoms with Gasteiger partial charge in [0.1, 0.15) is 0 Å². The molecule has 19 heavy (non-hydrogen) atoms. The van der Waals surface area contributed by atoms with Crippen molar-refractivity contribution in [2.24, 2.45) is 11.5 Å². The fraction of sp³-hybridized carbons (Fsp3) is 1.00. The minimum atomic E-state index is 0. The Morgan fingerprint density at radius 2 is 0.947 bits per heavy atom. The van der Waals surface area contributed by atoms with Crippen LogP contribution < -0.4 is 29.1 Å². The van der Waals surface area contributed by atoms with Gasteiger partial charge in [0.05, 0.1) is 0 Å². The average Bonchev–Trinajstić information content (AvgIpc) is 2.41. The van der Waals surface area contributed by atoms with Gasteiger partial charge in [0.25, 0.3) is 0 Å². The lowest BCUT2D eigenvalue weighted by Crippen LogP contribution is -2.65. The SMILES string of the molecule is N.N.NCC1(NC2(CN)CCCCC2)CCCCC1. The molecule has 2 aliphatic carbocycles. The van der Waals surface area contributed by atoms with Gasteiger partial charge in [-0.2, -0.15) is 0 Å². The second kappa shape index (κ2) is 8.17. The Labute approximate surface area is 118 Å². The molecule has 2 aliphatic rings. The molecule has 2 saturated carbocycles. The Morgan fingerprint density at radius 3 is 1.21 bits per heavy atom. The maximum atomic E-state index is 6.07. The minimum Gasteiger partial charge on any atom is -0.344 e. The molecule has 0 unspecified atom stereocenters. The van der Waals surface area contributed by atoms with Gasteiger partial charge in [-0.05, 0) is 25.7 Å². The van der Waals surface area contributed by atoms with Crippen LogP contribution >= 0.6 is 0 Å². The van der Waals surface area contributed by atoms with E-state index < -0.39 is 0 Å². The first-order valence-corrected chi connectivity index (χ1v) is 7.44. The summed E-state index contributed by atoms with van der Waals surface area (Å²) in [6, 6.07) is 0. The van der Waals surface area contributed by atoms with E-state index in [2.05, 4.69) is 5.32 Å². The summed E-state index contributed by atoms with van der Waals surface area (Å²) in [6.07, 6.45) is 13.0. The highest BCUT2D eigenvalue weighted by Crippen LogP contribution is 2.34. The van der Waals surface area contributed by atoms with Crippen LogP contribution in [0, 0.1) is 0 Å². The van der Waals surface area contributed by atoms with E-state index in [-0.39, 0.29) is 23.4 Å². The van der Waals surface area contributed by atoms with Crippen LogP contribution in [-0.2, 0) is 0 Å². The average molecular weight is 273 g/mol. The van der Waals surface area contributed by atoms with Crippen molar-refractivity contribution in [3.63, 3.8) is 0 Å². The number of nitrogens with one attached hydrogen (secondary N) is 1. The Balaban J connectivity index is 0.00000162. The lowest BCUT2D eigenvalue weighted by molar-refractivity contribution is 0.130. The minimum absolute atomic E-state index is 0. The number of nitrogens with two attached hydrogens (primary N) is 2. The van der Waals surface area contributed by atoms with E-state index in [1.165, 1.54) is 64.2 Å². The summed E-state index contributed by atoms with van der Waals surface area (Å²) in [7, 11) is 0. The van der Waals surface area contributed by atoms with E-state index in [1.54, 1.807) is 0 Å². The molecule has 5 nitrogen and oxygen atoms in total. The summed E-state index contributed by atoms with van der Waals surface area (Å²) in [4.78, 5) is 0. The monoisotopic (exact) mass is 273 g/mol. The summed E-state index contributed by atoms with van der Waals surface area (Å²) >= 11 is 0. The third-order valence-corrected chi connectivity index (χ3v) is 4.93. The van der Waals surface area contributed by atoms with Crippen molar-refractivity contribution in [3.05, 3.63) is 0 Å². The van der Waals surface area contributed by atoms with Crippen LogP contribution in [0.25, 0.3) is 0 Å². The molecule has 0 spiro atoms. The molecule has 0 atom stereocenters. The molecule has 0 aromatic rings. The van der Waals surface area contributed by atoms with Crippen LogP contribution in [0.15, 0.2) is 0 Å². The third-order valence-electron chi connectivity index (χ3n) is 4.93. The van der Waals surface area contributed by atoms with Crippen LogP contribution in [0.4, 0.5) is 0 Å². The highest BCUT2D eigenvalue weighted by molar-refractivity contribution is 5.02. The van der Waals surface area contributed by atoms with Crippen LogP contribution in [0.2, 0.25) is 0 Å². The second-order valence-corrected chi connectivity index (χ2v) is 6.22. The van der Waals surface area contributed by atoms with Gasteiger partial charge in [0.2, 0.25) is 0 Å². The predicted octanol–water partition coefficient (Wildman–Crippen LogP) is 2.22. The van der Waals surface area contributed by atoms with E-state index >= 15 is 0 Å². The molecule has 0 aromatic heterocycles. The molecule has 5 heteroatoms. The van der Waals surface area contributed by atoms with E-state index in [1.807, 2.05) is 0 Å². The first kappa shape index (κ1) is 18.8. The molecule has 0 heterocycles. The maximum absolute atomic E-state index is 6.07. The predicted molar refractivity (Wildman–Crippen MR) is 82.9 cm³/mol. The Hall–Kier alpha value is -0.200. The van der Waals surface area contributed by atoms with Crippen LogP contribution in [-0.4, -0.2) is 24.2 Å². The van der Waals surface area contributed by atoms with Gasteiger partial charge >= 0.3 is 0 Å². The molecule has 0 saturated heterocycles. The molecule has 11 N–H and O–H groups in total. The molecule has 0 aliphatic heterocycles. The summed E-state index contributed by atoms with van der Waals surface area (Å²) in [5.74, 6) is 0. The Bertz CT molecular complexity index is 208. The van der Waals surface area contributed by atoms with E-state index in [0.717, 1.165) is 13.1 Å². The van der Waals surface area contributed by atoms with Crippen molar-refractivity contribution in [2.45, 2.75) is 75.3 Å². The summed E-state index contributed by atoms with van der Waals surface area (Å²) in [6.45, 7) is 1.55. The second-order valence-electron chi connectivity index (χ2n) is 6.22. The quantitative estimate of drug-likeness (QED) is 0.535. The van der Waals surface area contributed by atoms with Crippen molar-refractivity contribution >= 4 is 0 Å². The molecule has 0 radical (unpaired) electrons. The largest absolute Gasteiger partial charge is 0.344 e. The van der Waals surface area contributed by atoms with Crippen LogP contribution in [0.5, 0.6) is 0 Å². The Morgan fingerprint density at radius 1 is 0.632 bits per heavy atom.